The minimum Gasteiger partial charge on any atom is -0.476 e. The van der Waals surface area contributed by atoms with Crippen LogP contribution in [0.15, 0.2) is 56.7 Å². The Labute approximate surface area is 167 Å². The van der Waals surface area contributed by atoms with E-state index in [2.05, 4.69) is 25.4 Å². The Morgan fingerprint density at radius 2 is 1.93 bits per heavy atom. The minimum absolute atomic E-state index is 0.106. The van der Waals surface area contributed by atoms with Gasteiger partial charge in [-0.05, 0) is 42.5 Å². The summed E-state index contributed by atoms with van der Waals surface area (Å²) in [5, 5.41) is 8.41. The third kappa shape index (κ3) is 6.45. The molecule has 1 unspecified atom stereocenters. The first-order valence-corrected chi connectivity index (χ1v) is 10.7. The molecule has 2 N–H and O–H groups in total. The van der Waals surface area contributed by atoms with Gasteiger partial charge in [-0.1, -0.05) is 15.9 Å². The van der Waals surface area contributed by atoms with Crippen molar-refractivity contribution in [3.63, 3.8) is 0 Å². The van der Waals surface area contributed by atoms with Crippen molar-refractivity contribution in [2.45, 2.75) is 16.1 Å². The lowest BCUT2D eigenvalue weighted by Crippen LogP contribution is -2.26. The second-order valence-corrected chi connectivity index (χ2v) is 8.92. The average molecular weight is 482 g/mol. The van der Waals surface area contributed by atoms with Crippen molar-refractivity contribution < 1.29 is 31.8 Å². The number of alkyl halides is 1. The molecule has 0 aliphatic carbocycles. The van der Waals surface area contributed by atoms with Gasteiger partial charge in [0.15, 0.2) is 11.6 Å². The van der Waals surface area contributed by atoms with Crippen LogP contribution >= 0.6 is 27.7 Å². The Kier molecular flexibility index (Phi) is 7.59. The van der Waals surface area contributed by atoms with Crippen LogP contribution in [-0.2, 0) is 14.8 Å². The average Bonchev–Trinajstić information content (AvgIpc) is 2.61. The highest BCUT2D eigenvalue weighted by atomic mass is 79.9. The van der Waals surface area contributed by atoms with Gasteiger partial charge in [-0.3, -0.25) is 0 Å². The molecule has 0 radical (unpaired) electrons. The number of nitrogens with one attached hydrogen (secondary N) is 1. The van der Waals surface area contributed by atoms with Crippen LogP contribution in [0.1, 0.15) is 0 Å². The fourth-order valence-electron chi connectivity index (χ4n) is 1.87. The van der Waals surface area contributed by atoms with E-state index in [0.717, 1.165) is 16.6 Å². The van der Waals surface area contributed by atoms with Crippen LogP contribution in [0.25, 0.3) is 0 Å². The summed E-state index contributed by atoms with van der Waals surface area (Å²) >= 11 is 4.39. The molecule has 1 atom stereocenters. The summed E-state index contributed by atoms with van der Waals surface area (Å²) in [4.78, 5) is 11.0. The second-order valence-electron chi connectivity index (χ2n) is 5.06. The van der Waals surface area contributed by atoms with Gasteiger partial charge in [0.2, 0.25) is 10.0 Å². The quantitative estimate of drug-likeness (QED) is 0.421. The normalized spacial score (nSPS) is 12.6. The second kappa shape index (κ2) is 9.49. The van der Waals surface area contributed by atoms with Gasteiger partial charge in [0.1, 0.15) is 0 Å². The molecule has 11 heteroatoms. The Hall–Kier alpha value is -1.69. The third-order valence-electron chi connectivity index (χ3n) is 3.11. The van der Waals surface area contributed by atoms with Crippen molar-refractivity contribution >= 4 is 43.7 Å². The number of carboxylic acid groups (broad SMARTS) is 1. The van der Waals surface area contributed by atoms with E-state index in [9.17, 15) is 22.0 Å². The number of sulfonamides is 1. The smallest absolute Gasteiger partial charge is 0.378 e. The molecule has 2 aromatic carbocycles. The van der Waals surface area contributed by atoms with Crippen molar-refractivity contribution in [1.82, 2.24) is 4.72 Å². The molecule has 27 heavy (non-hydrogen) atoms. The van der Waals surface area contributed by atoms with E-state index < -0.39 is 33.9 Å². The van der Waals surface area contributed by atoms with Gasteiger partial charge < -0.3 is 9.84 Å². The first kappa shape index (κ1) is 21.6. The number of carbonyl (C=O) groups is 1. The number of thioether (sulfide) groups is 1. The van der Waals surface area contributed by atoms with E-state index in [0.29, 0.717) is 10.6 Å². The standard InChI is InChI=1S/C16H14BrF2NO5S2/c17-10-1-4-12(5-2-10)27(23,24)20-7-8-26-11-3-6-14(13(18)9-11)25-15(19)16(21)22/h1-6,9,15,20H,7-8H2,(H,21,22). The molecule has 0 saturated carbocycles. The van der Waals surface area contributed by atoms with Crippen molar-refractivity contribution in [2.75, 3.05) is 12.3 Å². The molecular formula is C16H14BrF2NO5S2. The van der Waals surface area contributed by atoms with Crippen molar-refractivity contribution in [1.29, 1.82) is 0 Å². The Morgan fingerprint density at radius 3 is 2.52 bits per heavy atom. The van der Waals surface area contributed by atoms with E-state index in [-0.39, 0.29) is 11.4 Å². The predicted molar refractivity (Wildman–Crippen MR) is 99.6 cm³/mol. The monoisotopic (exact) mass is 481 g/mol. The Balaban J connectivity index is 1.87. The fraction of sp³-hybridized carbons (Fsp3) is 0.188. The molecule has 6 nitrogen and oxygen atoms in total. The molecule has 0 bridgehead atoms. The van der Waals surface area contributed by atoms with Crippen molar-refractivity contribution in [3.05, 3.63) is 52.8 Å². The number of hydrogen-bond donors (Lipinski definition) is 2. The molecule has 0 spiro atoms. The van der Waals surface area contributed by atoms with Crippen LogP contribution < -0.4 is 9.46 Å². The molecule has 146 valence electrons. The molecule has 0 fully saturated rings. The lowest BCUT2D eigenvalue weighted by Gasteiger charge is -2.10. The summed E-state index contributed by atoms with van der Waals surface area (Å²) in [6, 6.07) is 9.73. The molecule has 0 aromatic heterocycles. The maximum Gasteiger partial charge on any atom is 0.378 e. The highest BCUT2D eigenvalue weighted by molar-refractivity contribution is 9.10. The number of halogens is 3. The fourth-order valence-corrected chi connectivity index (χ4v) is 4.09. The third-order valence-corrected chi connectivity index (χ3v) is 6.12. The van der Waals surface area contributed by atoms with Crippen molar-refractivity contribution in [2.24, 2.45) is 0 Å². The van der Waals surface area contributed by atoms with Gasteiger partial charge in [0.05, 0.1) is 4.90 Å². The number of ether oxygens (including phenoxy) is 1. The van der Waals surface area contributed by atoms with E-state index in [1.165, 1.54) is 30.0 Å². The summed E-state index contributed by atoms with van der Waals surface area (Å²) in [7, 11) is -3.64. The van der Waals surface area contributed by atoms with Gasteiger partial charge >= 0.3 is 12.3 Å². The van der Waals surface area contributed by atoms with Crippen LogP contribution in [0.5, 0.6) is 5.75 Å². The summed E-state index contributed by atoms with van der Waals surface area (Å²) in [5.74, 6) is -2.98. The number of aliphatic carboxylic acids is 1. The molecule has 0 heterocycles. The van der Waals surface area contributed by atoms with Crippen LogP contribution in [0.2, 0.25) is 0 Å². The lowest BCUT2D eigenvalue weighted by molar-refractivity contribution is -0.153. The van der Waals surface area contributed by atoms with Crippen LogP contribution in [-0.4, -0.2) is 38.1 Å². The zero-order valence-corrected chi connectivity index (χ0v) is 16.8. The number of benzene rings is 2. The summed E-state index contributed by atoms with van der Waals surface area (Å²) in [5.41, 5.74) is 0. The molecule has 0 amide bonds. The van der Waals surface area contributed by atoms with Crippen LogP contribution in [0, 0.1) is 5.82 Å². The minimum atomic E-state index is -3.64. The molecule has 0 aliphatic rings. The molecule has 0 aliphatic heterocycles. The number of carboxylic acids is 1. The Morgan fingerprint density at radius 1 is 1.26 bits per heavy atom. The zero-order valence-electron chi connectivity index (χ0n) is 13.6. The molecule has 2 aromatic rings. The maximum atomic E-state index is 13.8. The van der Waals surface area contributed by atoms with Gasteiger partial charge in [-0.2, -0.15) is 4.39 Å². The van der Waals surface area contributed by atoms with Gasteiger partial charge in [-0.25, -0.2) is 22.3 Å². The topological polar surface area (TPSA) is 92.7 Å². The molecule has 0 saturated heterocycles. The van der Waals surface area contributed by atoms with E-state index in [1.54, 1.807) is 12.1 Å². The zero-order chi connectivity index (χ0) is 20.0. The van der Waals surface area contributed by atoms with Crippen molar-refractivity contribution in [3.8, 4) is 5.75 Å². The largest absolute Gasteiger partial charge is 0.476 e. The summed E-state index contributed by atoms with van der Waals surface area (Å²) < 4.78 is 58.5. The lowest BCUT2D eigenvalue weighted by atomic mass is 10.3. The van der Waals surface area contributed by atoms with Gasteiger partial charge in [0, 0.05) is 21.7 Å². The van der Waals surface area contributed by atoms with E-state index >= 15 is 0 Å². The highest BCUT2D eigenvalue weighted by Crippen LogP contribution is 2.26. The summed E-state index contributed by atoms with van der Waals surface area (Å²) in [6.07, 6.45) is -2.66. The highest BCUT2D eigenvalue weighted by Gasteiger charge is 2.19. The molecule has 2 rings (SSSR count). The molecular weight excluding hydrogens is 468 g/mol. The first-order chi connectivity index (χ1) is 12.7. The predicted octanol–water partition coefficient (Wildman–Crippen LogP) is 3.42. The Bertz CT molecular complexity index is 910. The van der Waals surface area contributed by atoms with Crippen LogP contribution in [0.3, 0.4) is 0 Å². The number of hydrogen-bond acceptors (Lipinski definition) is 5. The van der Waals surface area contributed by atoms with E-state index in [1.807, 2.05) is 0 Å². The summed E-state index contributed by atoms with van der Waals surface area (Å²) in [6.45, 7) is 0.106. The maximum absolute atomic E-state index is 13.8. The van der Waals surface area contributed by atoms with E-state index in [4.69, 9.17) is 5.11 Å². The SMILES string of the molecule is O=C(O)C(F)Oc1ccc(SCCNS(=O)(=O)c2ccc(Br)cc2)cc1F. The van der Waals surface area contributed by atoms with Gasteiger partial charge in [0.25, 0.3) is 0 Å². The first-order valence-electron chi connectivity index (χ1n) is 7.40. The van der Waals surface area contributed by atoms with Gasteiger partial charge in [-0.15, -0.1) is 11.8 Å². The van der Waals surface area contributed by atoms with Crippen LogP contribution in [0.4, 0.5) is 8.78 Å². The number of rotatable bonds is 9.